The van der Waals surface area contributed by atoms with E-state index in [-0.39, 0.29) is 37.8 Å². The molecule has 8 heteroatoms. The molecule has 1 aromatic rings. The second kappa shape index (κ2) is 11.1. The highest BCUT2D eigenvalue weighted by Gasteiger charge is 2.37. The van der Waals surface area contributed by atoms with Gasteiger partial charge in [-0.05, 0) is 39.8 Å². The Morgan fingerprint density at radius 3 is 1.81 bits per heavy atom. The Hall–Kier alpha value is -1.66. The Balaban J connectivity index is 3.57. The molecule has 0 bridgehead atoms. The van der Waals surface area contributed by atoms with Gasteiger partial charge in [0.1, 0.15) is 0 Å². The number of likely N-dealkylation sites (N-methyl/N-ethyl adjacent to an activating group) is 1. The topological polar surface area (TPSA) is 74.3 Å². The zero-order valence-electron chi connectivity index (χ0n) is 16.1. The van der Waals surface area contributed by atoms with Crippen LogP contribution in [0.3, 0.4) is 0 Å². The highest BCUT2D eigenvalue weighted by Crippen LogP contribution is 2.53. The number of ether oxygens (including phenoxy) is 1. The van der Waals surface area contributed by atoms with E-state index in [1.807, 2.05) is 6.07 Å². The van der Waals surface area contributed by atoms with Crippen molar-refractivity contribution in [3.63, 3.8) is 0 Å². The maximum Gasteiger partial charge on any atom is 0.362 e. The van der Waals surface area contributed by atoms with Crippen molar-refractivity contribution in [1.29, 1.82) is 0 Å². The zero-order chi connectivity index (χ0) is 19.6. The maximum absolute atomic E-state index is 12.9. The van der Waals surface area contributed by atoms with Crippen LogP contribution in [-0.4, -0.2) is 55.7 Å². The number of hydrogen-bond acceptors (Lipinski definition) is 6. The molecule has 26 heavy (non-hydrogen) atoms. The summed E-state index contributed by atoms with van der Waals surface area (Å²) in [4.78, 5) is 26.8. The predicted octanol–water partition coefficient (Wildman–Crippen LogP) is 3.32. The maximum atomic E-state index is 12.9. The summed E-state index contributed by atoms with van der Waals surface area (Å²) in [6.45, 7) is 7.92. The van der Waals surface area contributed by atoms with Gasteiger partial charge in [-0.2, -0.15) is 0 Å². The van der Waals surface area contributed by atoms with Crippen molar-refractivity contribution in [2.75, 3.05) is 33.5 Å². The van der Waals surface area contributed by atoms with E-state index in [9.17, 15) is 9.59 Å². The fourth-order valence-electron chi connectivity index (χ4n) is 2.30. The standard InChI is InChI=1S/C18H28NO6P/c1-6-22-18(21)17(26(23-7-2,24-8-3)25-9-4)19(5)16(20)15-13-11-10-12-14-15/h10-14H,6-9H2,1-5H3. The van der Waals surface area contributed by atoms with E-state index in [1.54, 1.807) is 52.0 Å². The molecule has 0 saturated carbocycles. The molecule has 0 saturated heterocycles. The first-order valence-corrected chi connectivity index (χ1v) is 10.2. The fraction of sp³-hybridized carbons (Fsp3) is 0.500. The molecule has 1 rings (SSSR count). The second-order valence-electron chi connectivity index (χ2n) is 5.03. The summed E-state index contributed by atoms with van der Waals surface area (Å²) in [6.07, 6.45) is 0. The van der Waals surface area contributed by atoms with Gasteiger partial charge in [0.2, 0.25) is 5.42 Å². The zero-order valence-corrected chi connectivity index (χ0v) is 17.0. The van der Waals surface area contributed by atoms with Crippen LogP contribution in [0.1, 0.15) is 38.1 Å². The molecule has 1 aromatic carbocycles. The highest BCUT2D eigenvalue weighted by molar-refractivity contribution is 7.64. The summed E-state index contributed by atoms with van der Waals surface area (Å²) in [5.74, 6) is -1.07. The molecule has 0 aliphatic heterocycles. The summed E-state index contributed by atoms with van der Waals surface area (Å²) >= 11 is 0. The number of nitrogens with zero attached hydrogens (tertiary/aromatic N) is 1. The lowest BCUT2D eigenvalue weighted by atomic mass is 10.2. The summed E-state index contributed by atoms with van der Waals surface area (Å²) in [6, 6.07) is 8.65. The molecule has 1 amide bonds. The number of carbonyl (C=O) groups is 2. The quantitative estimate of drug-likeness (QED) is 0.454. The molecule has 0 aliphatic rings. The molecular weight excluding hydrogens is 357 g/mol. The summed E-state index contributed by atoms with van der Waals surface area (Å²) in [5, 5.41) is 0. The number of rotatable bonds is 10. The van der Waals surface area contributed by atoms with Crippen LogP contribution >= 0.6 is 7.57 Å². The van der Waals surface area contributed by atoms with E-state index in [0.29, 0.717) is 5.56 Å². The fourth-order valence-corrected chi connectivity index (χ4v) is 4.66. The minimum atomic E-state index is -3.28. The Bertz CT molecular complexity index is 623. The average molecular weight is 385 g/mol. The van der Waals surface area contributed by atoms with Crippen LogP contribution in [0.5, 0.6) is 0 Å². The molecule has 0 aliphatic carbocycles. The number of esters is 1. The van der Waals surface area contributed by atoms with E-state index in [4.69, 9.17) is 18.3 Å². The van der Waals surface area contributed by atoms with E-state index >= 15 is 0 Å². The van der Waals surface area contributed by atoms with Gasteiger partial charge in [-0.1, -0.05) is 18.2 Å². The van der Waals surface area contributed by atoms with Crippen molar-refractivity contribution in [1.82, 2.24) is 4.90 Å². The SMILES string of the molecule is CCOC(=O)C(N(C)C(=O)c1ccccc1)=P(OCC)(OCC)OCC. The Kier molecular flexibility index (Phi) is 9.59. The first-order chi connectivity index (χ1) is 12.5. The second-order valence-corrected chi connectivity index (χ2v) is 7.22. The summed E-state index contributed by atoms with van der Waals surface area (Å²) < 4.78 is 22.5. The van der Waals surface area contributed by atoms with Crippen molar-refractivity contribution in [2.45, 2.75) is 27.7 Å². The summed E-state index contributed by atoms with van der Waals surface area (Å²) in [7, 11) is -1.78. The predicted molar refractivity (Wildman–Crippen MR) is 102 cm³/mol. The van der Waals surface area contributed by atoms with Crippen LogP contribution in [0.4, 0.5) is 0 Å². The van der Waals surface area contributed by atoms with Crippen LogP contribution in [0.15, 0.2) is 30.3 Å². The van der Waals surface area contributed by atoms with Crippen LogP contribution in [-0.2, 0) is 23.1 Å². The van der Waals surface area contributed by atoms with Gasteiger partial charge in [0, 0.05) is 12.6 Å². The Labute approximate surface area is 155 Å². The van der Waals surface area contributed by atoms with Gasteiger partial charge in [0.15, 0.2) is 0 Å². The van der Waals surface area contributed by atoms with Crippen LogP contribution in [0, 0.1) is 0 Å². The van der Waals surface area contributed by atoms with E-state index < -0.39 is 13.5 Å². The highest BCUT2D eigenvalue weighted by atomic mass is 31.2. The van der Waals surface area contributed by atoms with Crippen LogP contribution < -0.4 is 0 Å². The van der Waals surface area contributed by atoms with Gasteiger partial charge in [-0.25, -0.2) is 4.79 Å². The van der Waals surface area contributed by atoms with Gasteiger partial charge < -0.3 is 18.3 Å². The minimum absolute atomic E-state index is 0.0428. The Morgan fingerprint density at radius 1 is 0.885 bits per heavy atom. The molecule has 146 valence electrons. The largest absolute Gasteiger partial charge is 0.461 e. The molecule has 0 atom stereocenters. The van der Waals surface area contributed by atoms with Crippen LogP contribution in [0.2, 0.25) is 0 Å². The normalized spacial score (nSPS) is 11.1. The third kappa shape index (κ3) is 5.42. The average Bonchev–Trinajstić information content (AvgIpc) is 2.62. The van der Waals surface area contributed by atoms with Crippen molar-refractivity contribution in [3.05, 3.63) is 35.9 Å². The molecule has 0 unspecified atom stereocenters. The molecule has 0 heterocycles. The van der Waals surface area contributed by atoms with Crippen LogP contribution in [0.25, 0.3) is 0 Å². The lowest BCUT2D eigenvalue weighted by Crippen LogP contribution is -2.41. The van der Waals surface area contributed by atoms with Gasteiger partial charge >= 0.3 is 5.97 Å². The van der Waals surface area contributed by atoms with Crippen molar-refractivity contribution in [3.8, 4) is 0 Å². The first kappa shape index (κ1) is 22.4. The molecular formula is C18H28NO6P. The van der Waals surface area contributed by atoms with Gasteiger partial charge in [0.05, 0.1) is 26.4 Å². The van der Waals surface area contributed by atoms with Gasteiger partial charge in [-0.3, -0.25) is 9.69 Å². The van der Waals surface area contributed by atoms with E-state index in [2.05, 4.69) is 0 Å². The Morgan fingerprint density at radius 2 is 1.38 bits per heavy atom. The lowest BCUT2D eigenvalue weighted by molar-refractivity contribution is -0.135. The lowest BCUT2D eigenvalue weighted by Gasteiger charge is -2.30. The minimum Gasteiger partial charge on any atom is -0.461 e. The molecule has 0 spiro atoms. The monoisotopic (exact) mass is 385 g/mol. The van der Waals surface area contributed by atoms with Gasteiger partial charge in [-0.15, -0.1) is 0 Å². The van der Waals surface area contributed by atoms with E-state index in [1.165, 1.54) is 11.9 Å². The third-order valence-electron chi connectivity index (χ3n) is 3.26. The number of carbonyl (C=O) groups excluding carboxylic acids is 2. The van der Waals surface area contributed by atoms with Crippen molar-refractivity contribution < 1.29 is 27.9 Å². The molecule has 0 aromatic heterocycles. The number of benzene rings is 1. The van der Waals surface area contributed by atoms with Crippen molar-refractivity contribution in [2.24, 2.45) is 0 Å². The van der Waals surface area contributed by atoms with Crippen molar-refractivity contribution >= 4 is 24.9 Å². The first-order valence-electron chi connectivity index (χ1n) is 8.67. The smallest absolute Gasteiger partial charge is 0.362 e. The number of amides is 1. The summed E-state index contributed by atoms with van der Waals surface area (Å²) in [5.41, 5.74) is 0.387. The molecule has 0 radical (unpaired) electrons. The number of hydrogen-bond donors (Lipinski definition) is 0. The molecule has 0 fully saturated rings. The van der Waals surface area contributed by atoms with E-state index in [0.717, 1.165) is 0 Å². The molecule has 7 nitrogen and oxygen atoms in total. The third-order valence-corrected chi connectivity index (χ3v) is 6.05. The molecule has 0 N–H and O–H groups in total. The van der Waals surface area contributed by atoms with Gasteiger partial charge in [0.25, 0.3) is 13.5 Å².